The summed E-state index contributed by atoms with van der Waals surface area (Å²) in [6.45, 7) is 1.86. The van der Waals surface area contributed by atoms with Crippen molar-refractivity contribution in [3.8, 4) is 0 Å². The predicted molar refractivity (Wildman–Crippen MR) is 131 cm³/mol. The van der Waals surface area contributed by atoms with Crippen LogP contribution in [0.4, 0.5) is 5.69 Å². The first-order valence-corrected chi connectivity index (χ1v) is 12.5. The lowest BCUT2D eigenvalue weighted by Gasteiger charge is -2.32. The average molecular weight is 469 g/mol. The summed E-state index contributed by atoms with van der Waals surface area (Å²) in [6, 6.07) is 15.0. The summed E-state index contributed by atoms with van der Waals surface area (Å²) >= 11 is 1.54. The number of benzene rings is 2. The average Bonchev–Trinajstić information content (AvgIpc) is 2.96. The van der Waals surface area contributed by atoms with Gasteiger partial charge in [-0.15, -0.1) is 11.8 Å². The van der Waals surface area contributed by atoms with Crippen LogP contribution in [0.3, 0.4) is 0 Å². The van der Waals surface area contributed by atoms with E-state index >= 15 is 0 Å². The first kappa shape index (κ1) is 23.8. The molecule has 8 heteroatoms. The van der Waals surface area contributed by atoms with E-state index in [4.69, 9.17) is 0 Å². The van der Waals surface area contributed by atoms with Crippen LogP contribution < -0.4 is 20.9 Å². The van der Waals surface area contributed by atoms with E-state index in [2.05, 4.69) is 28.1 Å². The zero-order valence-electron chi connectivity index (χ0n) is 19.1. The molecule has 0 saturated carbocycles. The van der Waals surface area contributed by atoms with Crippen molar-refractivity contribution in [2.45, 2.75) is 55.4 Å². The van der Waals surface area contributed by atoms with Gasteiger partial charge in [0, 0.05) is 16.7 Å². The van der Waals surface area contributed by atoms with Crippen molar-refractivity contribution in [3.63, 3.8) is 0 Å². The molecule has 0 fully saturated rings. The molecule has 0 bridgehead atoms. The number of rotatable bonds is 7. The van der Waals surface area contributed by atoms with Gasteiger partial charge >= 0.3 is 0 Å². The van der Waals surface area contributed by atoms with Gasteiger partial charge in [-0.1, -0.05) is 36.4 Å². The molecule has 2 aromatic rings. The van der Waals surface area contributed by atoms with E-state index in [1.54, 1.807) is 30.6 Å². The Morgan fingerprint density at radius 3 is 2.76 bits per heavy atom. The van der Waals surface area contributed by atoms with Crippen molar-refractivity contribution in [2.75, 3.05) is 24.2 Å². The number of hydrogen-bond donors (Lipinski definition) is 4. The Labute approximate surface area is 199 Å². The molecule has 2 amide bonds. The number of carbonyl (C=O) groups excluding carboxylic acids is 2. The van der Waals surface area contributed by atoms with Crippen molar-refractivity contribution in [1.82, 2.24) is 16.0 Å². The zero-order valence-corrected chi connectivity index (χ0v) is 19.9. The van der Waals surface area contributed by atoms with Crippen LogP contribution in [0.15, 0.2) is 53.4 Å². The van der Waals surface area contributed by atoms with Gasteiger partial charge in [-0.2, -0.15) is 0 Å². The van der Waals surface area contributed by atoms with Gasteiger partial charge in [0.05, 0.1) is 18.3 Å². The fraction of sp³-hybridized carbons (Fsp3) is 0.440. The number of thioether (sulfide) groups is 1. The second-order valence-electron chi connectivity index (χ2n) is 8.63. The number of aryl methyl sites for hydroxylation is 1. The van der Waals surface area contributed by atoms with Crippen molar-refractivity contribution < 1.29 is 14.7 Å². The molecule has 0 saturated heterocycles. The standard InChI is InChI=1S/C25H32N4O3S/c1-16(26-2)24(31)28-20-15-33-22-13-6-5-12-21(22)29(25(20)32)14-23(30)27-19-11-7-9-17-8-3-4-10-18(17)19/h3-6,8,10,12-13,16,19-20,23,26-27,30H,7,9,11,14-15H2,1-2H3,(H,28,31)/t16-,19+,20+,23?/m0/s1. The van der Waals surface area contributed by atoms with Gasteiger partial charge in [0.1, 0.15) is 12.3 Å². The number of aliphatic hydroxyl groups excluding tert-OH is 1. The second kappa shape index (κ2) is 10.7. The Morgan fingerprint density at radius 2 is 1.94 bits per heavy atom. The van der Waals surface area contributed by atoms with Gasteiger partial charge in [-0.3, -0.25) is 14.9 Å². The Balaban J connectivity index is 1.52. The SMILES string of the molecule is CN[C@@H](C)C(=O)N[C@@H]1CSc2ccccc2N(CC(O)N[C@@H]2CCCc3ccccc32)C1=O. The first-order chi connectivity index (χ1) is 16.0. The van der Waals surface area contributed by atoms with Crippen molar-refractivity contribution >= 4 is 29.3 Å². The summed E-state index contributed by atoms with van der Waals surface area (Å²) in [5.74, 6) is 0.00228. The van der Waals surface area contributed by atoms with Gasteiger partial charge in [-0.05, 0) is 56.5 Å². The van der Waals surface area contributed by atoms with Gasteiger partial charge in [0.15, 0.2) is 0 Å². The highest BCUT2D eigenvalue weighted by atomic mass is 32.2. The number of nitrogens with zero attached hydrogens (tertiary/aromatic N) is 1. The number of aliphatic hydroxyl groups is 1. The molecule has 1 aliphatic carbocycles. The highest BCUT2D eigenvalue weighted by Crippen LogP contribution is 2.35. The number of hydrogen-bond acceptors (Lipinski definition) is 6. The van der Waals surface area contributed by atoms with Crippen molar-refractivity contribution in [3.05, 3.63) is 59.7 Å². The zero-order chi connectivity index (χ0) is 23.4. The summed E-state index contributed by atoms with van der Waals surface area (Å²) in [6.07, 6.45) is 2.14. The molecule has 4 N–H and O–H groups in total. The molecule has 176 valence electrons. The maximum atomic E-state index is 13.5. The summed E-state index contributed by atoms with van der Waals surface area (Å²) in [4.78, 5) is 28.6. The number of amides is 2. The normalized spacial score (nSPS) is 22.0. The van der Waals surface area contributed by atoms with Crippen LogP contribution in [0.1, 0.15) is 36.9 Å². The van der Waals surface area contributed by atoms with Crippen LogP contribution in [-0.2, 0) is 16.0 Å². The fourth-order valence-electron chi connectivity index (χ4n) is 4.46. The van der Waals surface area contributed by atoms with E-state index in [0.29, 0.717) is 5.75 Å². The Bertz CT molecular complexity index is 1000. The molecule has 33 heavy (non-hydrogen) atoms. The summed E-state index contributed by atoms with van der Waals surface area (Å²) in [5.41, 5.74) is 3.28. The molecule has 1 unspecified atom stereocenters. The second-order valence-corrected chi connectivity index (χ2v) is 9.69. The third-order valence-electron chi connectivity index (χ3n) is 6.39. The molecule has 0 aromatic heterocycles. The number of fused-ring (bicyclic) bond motifs is 2. The van der Waals surface area contributed by atoms with E-state index in [1.807, 2.05) is 36.4 Å². The molecule has 4 atom stereocenters. The maximum Gasteiger partial charge on any atom is 0.250 e. The van der Waals surface area contributed by atoms with Gasteiger partial charge in [0.2, 0.25) is 5.91 Å². The molecular weight excluding hydrogens is 436 g/mol. The maximum absolute atomic E-state index is 13.5. The highest BCUT2D eigenvalue weighted by Gasteiger charge is 2.34. The van der Waals surface area contributed by atoms with Crippen LogP contribution in [0.25, 0.3) is 0 Å². The number of anilines is 1. The molecule has 1 heterocycles. The molecule has 0 spiro atoms. The molecular formula is C25H32N4O3S. The van der Waals surface area contributed by atoms with Crippen molar-refractivity contribution in [1.29, 1.82) is 0 Å². The molecule has 4 rings (SSSR count). The van der Waals surface area contributed by atoms with E-state index in [1.165, 1.54) is 11.1 Å². The monoisotopic (exact) mass is 468 g/mol. The molecule has 7 nitrogen and oxygen atoms in total. The molecule has 1 aliphatic heterocycles. The Morgan fingerprint density at radius 1 is 1.18 bits per heavy atom. The quantitative estimate of drug-likeness (QED) is 0.466. The first-order valence-electron chi connectivity index (χ1n) is 11.5. The lowest BCUT2D eigenvalue weighted by Crippen LogP contribution is -2.55. The van der Waals surface area contributed by atoms with Crippen LogP contribution in [0, 0.1) is 0 Å². The Kier molecular flexibility index (Phi) is 7.70. The van der Waals surface area contributed by atoms with Crippen LogP contribution in [-0.4, -0.2) is 54.6 Å². The molecule has 0 radical (unpaired) electrons. The molecule has 2 aliphatic rings. The number of para-hydroxylation sites is 1. The van der Waals surface area contributed by atoms with Crippen molar-refractivity contribution in [2.24, 2.45) is 0 Å². The number of carbonyl (C=O) groups is 2. The molecule has 2 aromatic carbocycles. The number of likely N-dealkylation sites (N-methyl/N-ethyl adjacent to an activating group) is 1. The lowest BCUT2D eigenvalue weighted by molar-refractivity contribution is -0.128. The smallest absolute Gasteiger partial charge is 0.250 e. The van der Waals surface area contributed by atoms with Crippen LogP contribution >= 0.6 is 11.8 Å². The van der Waals surface area contributed by atoms with E-state index in [9.17, 15) is 14.7 Å². The lowest BCUT2D eigenvalue weighted by atomic mass is 9.87. The summed E-state index contributed by atoms with van der Waals surface area (Å²) in [7, 11) is 1.71. The summed E-state index contributed by atoms with van der Waals surface area (Å²) in [5, 5.41) is 20.1. The van der Waals surface area contributed by atoms with Crippen LogP contribution in [0.2, 0.25) is 0 Å². The number of nitrogens with one attached hydrogen (secondary N) is 3. The topological polar surface area (TPSA) is 93.7 Å². The summed E-state index contributed by atoms with van der Waals surface area (Å²) < 4.78 is 0. The predicted octanol–water partition coefficient (Wildman–Crippen LogP) is 2.20. The minimum absolute atomic E-state index is 0.0450. The van der Waals surface area contributed by atoms with Gasteiger partial charge in [-0.25, -0.2) is 0 Å². The number of β-amino-alcohol motifs (C(OH)–C–C–N with tert-alkyl or cyclic N) is 1. The highest BCUT2D eigenvalue weighted by molar-refractivity contribution is 7.99. The van der Waals surface area contributed by atoms with E-state index in [0.717, 1.165) is 29.8 Å². The Hall–Kier alpha value is -2.39. The van der Waals surface area contributed by atoms with Crippen LogP contribution in [0.5, 0.6) is 0 Å². The fourth-order valence-corrected chi connectivity index (χ4v) is 5.53. The van der Waals surface area contributed by atoms with Gasteiger partial charge < -0.3 is 20.6 Å². The third-order valence-corrected chi connectivity index (χ3v) is 7.54. The minimum atomic E-state index is -0.908. The minimum Gasteiger partial charge on any atom is -0.377 e. The van der Waals surface area contributed by atoms with Gasteiger partial charge in [0.25, 0.3) is 5.91 Å². The third kappa shape index (κ3) is 5.41. The largest absolute Gasteiger partial charge is 0.377 e. The van der Waals surface area contributed by atoms with E-state index < -0.39 is 18.3 Å². The van der Waals surface area contributed by atoms with E-state index in [-0.39, 0.29) is 24.4 Å².